The summed E-state index contributed by atoms with van der Waals surface area (Å²) in [7, 11) is 0. The number of thiophene rings is 1. The van der Waals surface area contributed by atoms with Crippen LogP contribution in [0.2, 0.25) is 0 Å². The lowest BCUT2D eigenvalue weighted by atomic mass is 10.0. The second-order valence-corrected chi connectivity index (χ2v) is 8.91. The Morgan fingerprint density at radius 3 is 2.24 bits per heavy atom. The summed E-state index contributed by atoms with van der Waals surface area (Å²) in [5, 5.41) is 5.41. The maximum Gasteiger partial charge on any atom is 0.341 e. The number of hydrogen-bond donors (Lipinski definition) is 1. The van der Waals surface area contributed by atoms with Crippen molar-refractivity contribution in [1.29, 1.82) is 0 Å². The van der Waals surface area contributed by atoms with E-state index in [1.54, 1.807) is 6.92 Å². The van der Waals surface area contributed by atoms with Crippen LogP contribution in [0.25, 0.3) is 11.1 Å². The molecule has 172 valence electrons. The van der Waals surface area contributed by atoms with Crippen molar-refractivity contribution in [3.63, 3.8) is 0 Å². The van der Waals surface area contributed by atoms with E-state index in [2.05, 4.69) is 39.4 Å². The number of nitrogens with one attached hydrogen (secondary N) is 1. The highest BCUT2D eigenvalue weighted by Crippen LogP contribution is 2.36. The molecule has 1 saturated heterocycles. The van der Waals surface area contributed by atoms with Gasteiger partial charge in [-0.15, -0.1) is 11.3 Å². The van der Waals surface area contributed by atoms with Gasteiger partial charge in [0.05, 0.1) is 13.2 Å². The fourth-order valence-electron chi connectivity index (χ4n) is 4.00. The molecule has 0 bridgehead atoms. The maximum atomic E-state index is 12.8. The number of piperazine rings is 1. The second kappa shape index (κ2) is 11.2. The van der Waals surface area contributed by atoms with Gasteiger partial charge in [-0.2, -0.15) is 0 Å². The summed E-state index contributed by atoms with van der Waals surface area (Å²) in [5.41, 5.74) is 3.44. The standard InChI is InChI=1S/C26H29N3O3S/c1-2-32-26(31)24-22(21-11-7-4-8-12-21)19-33-25(24)27-23(30)18-29-15-13-28(14-16-29)17-20-9-5-3-6-10-20/h3-12,19H,2,13-18H2,1H3,(H,27,30). The van der Waals surface area contributed by atoms with Crippen LogP contribution in [-0.2, 0) is 16.1 Å². The molecule has 4 rings (SSSR count). The van der Waals surface area contributed by atoms with Crippen molar-refractivity contribution in [1.82, 2.24) is 9.80 Å². The number of benzene rings is 2. The summed E-state index contributed by atoms with van der Waals surface area (Å²) in [6, 6.07) is 20.1. The smallest absolute Gasteiger partial charge is 0.341 e. The van der Waals surface area contributed by atoms with Crippen LogP contribution in [0.5, 0.6) is 0 Å². The van der Waals surface area contributed by atoms with Crippen LogP contribution in [0.4, 0.5) is 5.00 Å². The molecular formula is C26H29N3O3S. The lowest BCUT2D eigenvalue weighted by Crippen LogP contribution is -2.48. The first-order valence-electron chi connectivity index (χ1n) is 11.3. The van der Waals surface area contributed by atoms with Crippen molar-refractivity contribution in [2.45, 2.75) is 13.5 Å². The van der Waals surface area contributed by atoms with Crippen molar-refractivity contribution < 1.29 is 14.3 Å². The highest BCUT2D eigenvalue weighted by Gasteiger charge is 2.24. The van der Waals surface area contributed by atoms with E-state index in [1.165, 1.54) is 16.9 Å². The molecule has 3 aromatic rings. The largest absolute Gasteiger partial charge is 0.462 e. The summed E-state index contributed by atoms with van der Waals surface area (Å²) in [5.74, 6) is -0.527. The van der Waals surface area contributed by atoms with E-state index in [0.717, 1.165) is 43.9 Å². The first kappa shape index (κ1) is 23.2. The molecule has 7 heteroatoms. The number of hydrogen-bond acceptors (Lipinski definition) is 6. The minimum absolute atomic E-state index is 0.112. The van der Waals surface area contributed by atoms with Gasteiger partial charge in [0.25, 0.3) is 0 Å². The predicted octanol–water partition coefficient (Wildman–Crippen LogP) is 4.35. The van der Waals surface area contributed by atoms with Crippen LogP contribution in [0, 0.1) is 0 Å². The summed E-state index contributed by atoms with van der Waals surface area (Å²) in [6.07, 6.45) is 0. The van der Waals surface area contributed by atoms with Gasteiger partial charge < -0.3 is 10.1 Å². The SMILES string of the molecule is CCOC(=O)c1c(-c2ccccc2)csc1NC(=O)CN1CCN(Cc2ccccc2)CC1. The molecule has 6 nitrogen and oxygen atoms in total. The molecule has 1 amide bonds. The first-order valence-corrected chi connectivity index (χ1v) is 12.1. The molecule has 0 aliphatic carbocycles. The normalized spacial score (nSPS) is 14.7. The summed E-state index contributed by atoms with van der Waals surface area (Å²) in [6.45, 7) is 6.82. The Morgan fingerprint density at radius 2 is 1.58 bits per heavy atom. The van der Waals surface area contributed by atoms with Crippen LogP contribution >= 0.6 is 11.3 Å². The number of esters is 1. The molecule has 33 heavy (non-hydrogen) atoms. The Hall–Kier alpha value is -3.00. The van der Waals surface area contributed by atoms with Gasteiger partial charge in [0.1, 0.15) is 10.6 Å². The van der Waals surface area contributed by atoms with Gasteiger partial charge in [-0.05, 0) is 18.1 Å². The minimum Gasteiger partial charge on any atom is -0.462 e. The van der Waals surface area contributed by atoms with Crippen LogP contribution in [0.15, 0.2) is 66.0 Å². The summed E-state index contributed by atoms with van der Waals surface area (Å²) in [4.78, 5) is 30.1. The molecule has 0 radical (unpaired) electrons. The fraction of sp³-hybridized carbons (Fsp3) is 0.308. The Labute approximate surface area is 198 Å². The molecule has 1 aromatic heterocycles. The molecule has 1 fully saturated rings. The van der Waals surface area contributed by atoms with Gasteiger partial charge in [0.15, 0.2) is 0 Å². The Kier molecular flexibility index (Phi) is 7.88. The Balaban J connectivity index is 1.37. The van der Waals surface area contributed by atoms with Gasteiger partial charge in [-0.3, -0.25) is 14.6 Å². The van der Waals surface area contributed by atoms with E-state index in [0.29, 0.717) is 17.1 Å². The third-order valence-corrected chi connectivity index (χ3v) is 6.58. The third-order valence-electron chi connectivity index (χ3n) is 5.69. The minimum atomic E-state index is -0.414. The van der Waals surface area contributed by atoms with Crippen LogP contribution in [-0.4, -0.2) is 61.0 Å². The molecule has 0 spiro atoms. The van der Waals surface area contributed by atoms with E-state index in [4.69, 9.17) is 4.74 Å². The van der Waals surface area contributed by atoms with Crippen molar-refractivity contribution in [3.8, 4) is 11.1 Å². The van der Waals surface area contributed by atoms with Gasteiger partial charge in [-0.25, -0.2) is 4.79 Å². The van der Waals surface area contributed by atoms with E-state index in [9.17, 15) is 9.59 Å². The highest BCUT2D eigenvalue weighted by atomic mass is 32.1. The second-order valence-electron chi connectivity index (χ2n) is 8.03. The predicted molar refractivity (Wildman–Crippen MR) is 133 cm³/mol. The third kappa shape index (κ3) is 6.07. The van der Waals surface area contributed by atoms with Gasteiger partial charge >= 0.3 is 5.97 Å². The maximum absolute atomic E-state index is 12.8. The monoisotopic (exact) mass is 463 g/mol. The van der Waals surface area contributed by atoms with Crippen LogP contribution in [0.3, 0.4) is 0 Å². The zero-order valence-corrected chi connectivity index (χ0v) is 19.6. The molecule has 2 heterocycles. The number of rotatable bonds is 8. The number of carbonyl (C=O) groups excluding carboxylic acids is 2. The van der Waals surface area contributed by atoms with E-state index < -0.39 is 5.97 Å². The van der Waals surface area contributed by atoms with E-state index in [1.807, 2.05) is 41.8 Å². The van der Waals surface area contributed by atoms with Crippen molar-refractivity contribution >= 4 is 28.2 Å². The topological polar surface area (TPSA) is 61.9 Å². The molecular weight excluding hydrogens is 434 g/mol. The number of carbonyl (C=O) groups is 2. The number of ether oxygens (including phenoxy) is 1. The molecule has 1 aliphatic heterocycles. The summed E-state index contributed by atoms with van der Waals surface area (Å²) < 4.78 is 5.28. The number of anilines is 1. The average molecular weight is 464 g/mol. The van der Waals surface area contributed by atoms with Crippen LogP contribution in [0.1, 0.15) is 22.8 Å². The Bertz CT molecular complexity index is 1060. The van der Waals surface area contributed by atoms with Crippen molar-refractivity contribution in [2.24, 2.45) is 0 Å². The fourth-order valence-corrected chi connectivity index (χ4v) is 4.98. The molecule has 0 atom stereocenters. The van der Waals surface area contributed by atoms with Crippen molar-refractivity contribution in [3.05, 3.63) is 77.2 Å². The molecule has 2 aromatic carbocycles. The number of nitrogens with zero attached hydrogens (tertiary/aromatic N) is 2. The van der Waals surface area contributed by atoms with Gasteiger partial charge in [-0.1, -0.05) is 60.7 Å². The van der Waals surface area contributed by atoms with Gasteiger partial charge in [0.2, 0.25) is 5.91 Å². The first-order chi connectivity index (χ1) is 16.1. The average Bonchev–Trinajstić information content (AvgIpc) is 3.25. The lowest BCUT2D eigenvalue weighted by Gasteiger charge is -2.34. The molecule has 0 saturated carbocycles. The summed E-state index contributed by atoms with van der Waals surface area (Å²) >= 11 is 1.36. The van der Waals surface area contributed by atoms with Crippen molar-refractivity contribution in [2.75, 3.05) is 44.6 Å². The Morgan fingerprint density at radius 1 is 0.939 bits per heavy atom. The van der Waals surface area contributed by atoms with Gasteiger partial charge in [0, 0.05) is 43.7 Å². The van der Waals surface area contributed by atoms with E-state index >= 15 is 0 Å². The zero-order valence-electron chi connectivity index (χ0n) is 18.8. The molecule has 0 unspecified atom stereocenters. The highest BCUT2D eigenvalue weighted by molar-refractivity contribution is 7.15. The number of amides is 1. The lowest BCUT2D eigenvalue weighted by molar-refractivity contribution is -0.117. The zero-order chi connectivity index (χ0) is 23.0. The van der Waals surface area contributed by atoms with E-state index in [-0.39, 0.29) is 12.5 Å². The quantitative estimate of drug-likeness (QED) is 0.504. The molecule has 1 aliphatic rings. The molecule has 1 N–H and O–H groups in total. The van der Waals surface area contributed by atoms with Crippen LogP contribution < -0.4 is 5.32 Å².